The predicted octanol–water partition coefficient (Wildman–Crippen LogP) is 3.29. The van der Waals surface area contributed by atoms with Gasteiger partial charge in [-0.05, 0) is 32.0 Å². The molecule has 0 aliphatic heterocycles. The quantitative estimate of drug-likeness (QED) is 0.608. The van der Waals surface area contributed by atoms with E-state index in [1.165, 1.54) is 0 Å². The molecule has 0 amide bonds. The van der Waals surface area contributed by atoms with Crippen LogP contribution < -0.4 is 10.9 Å². The second-order valence-corrected chi connectivity index (χ2v) is 5.75. The normalized spacial score (nSPS) is 11.0. The van der Waals surface area contributed by atoms with Gasteiger partial charge in [-0.3, -0.25) is 4.79 Å². The molecular weight excluding hydrogens is 314 g/mol. The minimum Gasteiger partial charge on any atom is -0.307 e. The van der Waals surface area contributed by atoms with E-state index in [2.05, 4.69) is 25.3 Å². The Labute approximate surface area is 143 Å². The molecular formula is C19H15N5O. The third-order valence-corrected chi connectivity index (χ3v) is 4.00. The molecule has 0 radical (unpaired) electrons. The molecule has 0 saturated heterocycles. The number of fused-ring (bicyclic) bond motifs is 2. The number of nitrogens with one attached hydrogen (secondary N) is 1. The number of rotatable bonds is 2. The lowest BCUT2D eigenvalue weighted by molar-refractivity contribution is 1.11. The number of anilines is 2. The van der Waals surface area contributed by atoms with Crippen molar-refractivity contribution < 1.29 is 0 Å². The molecule has 25 heavy (non-hydrogen) atoms. The fraction of sp³-hybridized carbons (Fsp3) is 0.105. The Morgan fingerprint density at radius 2 is 1.36 bits per heavy atom. The van der Waals surface area contributed by atoms with E-state index >= 15 is 0 Å². The third kappa shape index (κ3) is 2.78. The minimum absolute atomic E-state index is 0.214. The highest BCUT2D eigenvalue weighted by molar-refractivity contribution is 5.83. The Morgan fingerprint density at radius 1 is 0.720 bits per heavy atom. The first-order valence-electron chi connectivity index (χ1n) is 7.90. The van der Waals surface area contributed by atoms with Crippen LogP contribution in [0.15, 0.2) is 53.3 Å². The van der Waals surface area contributed by atoms with Gasteiger partial charge in [0.25, 0.3) is 5.56 Å². The number of aromatic nitrogens is 4. The zero-order chi connectivity index (χ0) is 17.4. The van der Waals surface area contributed by atoms with Crippen molar-refractivity contribution in [2.24, 2.45) is 0 Å². The maximum atomic E-state index is 12.4. The van der Waals surface area contributed by atoms with Gasteiger partial charge in [-0.25, -0.2) is 15.0 Å². The van der Waals surface area contributed by atoms with Crippen molar-refractivity contribution >= 4 is 33.6 Å². The molecule has 0 spiro atoms. The summed E-state index contributed by atoms with van der Waals surface area (Å²) in [5.41, 5.74) is 2.68. The van der Waals surface area contributed by atoms with Crippen molar-refractivity contribution in [1.29, 1.82) is 0 Å². The van der Waals surface area contributed by atoms with Crippen molar-refractivity contribution in [3.05, 3.63) is 70.3 Å². The maximum Gasteiger partial charge on any atom is 0.280 e. The molecule has 2 aromatic carbocycles. The van der Waals surface area contributed by atoms with E-state index in [0.717, 1.165) is 22.1 Å². The van der Waals surface area contributed by atoms with E-state index in [1.54, 1.807) is 6.07 Å². The van der Waals surface area contributed by atoms with E-state index in [9.17, 15) is 4.79 Å². The SMILES string of the molecule is Cc1nc2ccccc2nc1Nc1nc(C)c2ccccc2c(=O)n1. The molecule has 6 heteroatoms. The van der Waals surface area contributed by atoms with E-state index in [-0.39, 0.29) is 11.5 Å². The minimum atomic E-state index is -0.329. The van der Waals surface area contributed by atoms with Crippen LogP contribution in [0.2, 0.25) is 0 Å². The molecule has 0 atom stereocenters. The Kier molecular flexibility index (Phi) is 3.57. The Bertz CT molecular complexity index is 1170. The van der Waals surface area contributed by atoms with Crippen LogP contribution >= 0.6 is 0 Å². The molecule has 122 valence electrons. The van der Waals surface area contributed by atoms with Gasteiger partial charge < -0.3 is 5.32 Å². The molecule has 2 heterocycles. The monoisotopic (exact) mass is 329 g/mol. The zero-order valence-electron chi connectivity index (χ0n) is 13.8. The lowest BCUT2D eigenvalue weighted by Crippen LogP contribution is -2.07. The van der Waals surface area contributed by atoms with Gasteiger partial charge in [0.05, 0.1) is 22.1 Å². The average Bonchev–Trinajstić information content (AvgIpc) is 2.73. The summed E-state index contributed by atoms with van der Waals surface area (Å²) in [5.74, 6) is 0.749. The van der Waals surface area contributed by atoms with Crippen LogP contribution in [0.25, 0.3) is 21.8 Å². The first kappa shape index (κ1) is 15.1. The Hall–Kier alpha value is -3.41. The molecule has 0 fully saturated rings. The molecule has 0 bridgehead atoms. The summed E-state index contributed by atoms with van der Waals surface area (Å²) in [5, 5.41) is 4.37. The van der Waals surface area contributed by atoms with Gasteiger partial charge in [0, 0.05) is 11.1 Å². The fourth-order valence-electron chi connectivity index (χ4n) is 2.75. The van der Waals surface area contributed by atoms with Gasteiger partial charge in [0.15, 0.2) is 5.82 Å². The summed E-state index contributed by atoms with van der Waals surface area (Å²) >= 11 is 0. The summed E-state index contributed by atoms with van der Waals surface area (Å²) in [6, 6.07) is 14.9. The molecule has 2 aromatic heterocycles. The van der Waals surface area contributed by atoms with Crippen LogP contribution in [0.4, 0.5) is 11.8 Å². The van der Waals surface area contributed by atoms with E-state index in [0.29, 0.717) is 16.9 Å². The highest BCUT2D eigenvalue weighted by Crippen LogP contribution is 2.19. The third-order valence-electron chi connectivity index (χ3n) is 4.00. The number of benzene rings is 2. The van der Waals surface area contributed by atoms with Crippen molar-refractivity contribution in [1.82, 2.24) is 19.9 Å². The topological polar surface area (TPSA) is 80.7 Å². The largest absolute Gasteiger partial charge is 0.307 e. The van der Waals surface area contributed by atoms with Gasteiger partial charge >= 0.3 is 0 Å². The summed E-state index contributed by atoms with van der Waals surface area (Å²) in [4.78, 5) is 30.1. The zero-order valence-corrected chi connectivity index (χ0v) is 13.8. The molecule has 0 aliphatic carbocycles. The second kappa shape index (κ2) is 5.90. The van der Waals surface area contributed by atoms with Crippen LogP contribution in [0.5, 0.6) is 0 Å². The summed E-state index contributed by atoms with van der Waals surface area (Å²) in [7, 11) is 0. The van der Waals surface area contributed by atoms with Crippen LogP contribution in [0.3, 0.4) is 0 Å². The van der Waals surface area contributed by atoms with Gasteiger partial charge in [-0.2, -0.15) is 4.98 Å². The number of hydrogen-bond acceptors (Lipinski definition) is 6. The van der Waals surface area contributed by atoms with Crippen LogP contribution in [-0.4, -0.2) is 19.9 Å². The van der Waals surface area contributed by atoms with Crippen LogP contribution in [0, 0.1) is 13.8 Å². The van der Waals surface area contributed by atoms with Crippen LogP contribution in [0.1, 0.15) is 11.4 Å². The summed E-state index contributed by atoms with van der Waals surface area (Å²) in [6.45, 7) is 3.71. The van der Waals surface area contributed by atoms with Crippen molar-refractivity contribution in [3.63, 3.8) is 0 Å². The van der Waals surface area contributed by atoms with Gasteiger partial charge in [0.2, 0.25) is 5.95 Å². The predicted molar refractivity (Wildman–Crippen MR) is 98.1 cm³/mol. The number of aryl methyl sites for hydroxylation is 2. The van der Waals surface area contributed by atoms with Gasteiger partial charge in [0.1, 0.15) is 0 Å². The van der Waals surface area contributed by atoms with Crippen molar-refractivity contribution in [2.75, 3.05) is 5.32 Å². The maximum absolute atomic E-state index is 12.4. The van der Waals surface area contributed by atoms with E-state index in [4.69, 9.17) is 0 Å². The Balaban J connectivity index is 1.86. The summed E-state index contributed by atoms with van der Waals surface area (Å²) < 4.78 is 0. The molecule has 4 aromatic rings. The van der Waals surface area contributed by atoms with Crippen LogP contribution in [-0.2, 0) is 0 Å². The molecule has 0 aliphatic rings. The molecule has 4 rings (SSSR count). The number of nitrogens with zero attached hydrogens (tertiary/aromatic N) is 4. The van der Waals surface area contributed by atoms with E-state index in [1.807, 2.05) is 56.3 Å². The fourth-order valence-corrected chi connectivity index (χ4v) is 2.75. The first-order valence-corrected chi connectivity index (χ1v) is 7.90. The van der Waals surface area contributed by atoms with E-state index < -0.39 is 0 Å². The Morgan fingerprint density at radius 3 is 2.12 bits per heavy atom. The first-order chi connectivity index (χ1) is 12.1. The lowest BCUT2D eigenvalue weighted by Gasteiger charge is -2.07. The average molecular weight is 329 g/mol. The molecule has 6 nitrogen and oxygen atoms in total. The molecule has 1 N–H and O–H groups in total. The van der Waals surface area contributed by atoms with Crippen molar-refractivity contribution in [2.45, 2.75) is 13.8 Å². The second-order valence-electron chi connectivity index (χ2n) is 5.75. The van der Waals surface area contributed by atoms with Gasteiger partial charge in [-0.15, -0.1) is 0 Å². The summed E-state index contributed by atoms with van der Waals surface area (Å²) in [6.07, 6.45) is 0. The number of para-hydroxylation sites is 2. The highest BCUT2D eigenvalue weighted by Gasteiger charge is 2.09. The molecule has 0 unspecified atom stereocenters. The van der Waals surface area contributed by atoms with Gasteiger partial charge in [-0.1, -0.05) is 30.3 Å². The van der Waals surface area contributed by atoms with Crippen molar-refractivity contribution in [3.8, 4) is 0 Å². The smallest absolute Gasteiger partial charge is 0.280 e. The standard InChI is InChI=1S/C19H15N5O/c1-11-13-7-3-4-8-14(13)18(25)24-19(21-11)23-17-12(2)20-15-9-5-6-10-16(15)22-17/h3-10H,1-2H3,(H,22,23,24,25). The lowest BCUT2D eigenvalue weighted by atomic mass is 10.1. The highest BCUT2D eigenvalue weighted by atomic mass is 16.1. The number of hydrogen-bond donors (Lipinski definition) is 1. The molecule has 0 saturated carbocycles.